The lowest BCUT2D eigenvalue weighted by Crippen LogP contribution is -2.00. The van der Waals surface area contributed by atoms with Crippen LogP contribution in [0.25, 0.3) is 5.69 Å². The highest BCUT2D eigenvalue weighted by molar-refractivity contribution is 5.51. The van der Waals surface area contributed by atoms with Crippen molar-refractivity contribution in [3.63, 3.8) is 0 Å². The summed E-state index contributed by atoms with van der Waals surface area (Å²) in [6.07, 6.45) is 1.30. The van der Waals surface area contributed by atoms with E-state index in [1.165, 1.54) is 16.9 Å². The number of nitrogens with zero attached hydrogens (tertiary/aromatic N) is 4. The summed E-state index contributed by atoms with van der Waals surface area (Å²) in [6, 6.07) is 6.24. The number of aliphatic hydroxyl groups is 1. The molecule has 0 bridgehead atoms. The van der Waals surface area contributed by atoms with Crippen molar-refractivity contribution in [1.29, 1.82) is 0 Å². The lowest BCUT2D eigenvalue weighted by Gasteiger charge is -2.02. The van der Waals surface area contributed by atoms with Crippen LogP contribution in [0.4, 0.5) is 5.69 Å². The maximum Gasteiger partial charge on any atom is 0.294 e. The molecule has 7 nitrogen and oxygen atoms in total. The number of aromatic nitrogens is 3. The largest absolute Gasteiger partial charge is 0.387 e. The number of rotatable bonds is 4. The Balaban J connectivity index is 2.43. The van der Waals surface area contributed by atoms with Crippen LogP contribution in [-0.2, 0) is 0 Å². The second-order valence-electron chi connectivity index (χ2n) is 3.76. The first-order valence-corrected chi connectivity index (χ1v) is 5.47. The predicted octanol–water partition coefficient (Wildman–Crippen LogP) is 1.62. The van der Waals surface area contributed by atoms with Gasteiger partial charge >= 0.3 is 0 Å². The fourth-order valence-electron chi connectivity index (χ4n) is 1.57. The van der Waals surface area contributed by atoms with Crippen molar-refractivity contribution in [3.05, 3.63) is 46.3 Å². The van der Waals surface area contributed by atoms with Gasteiger partial charge in [-0.2, -0.15) is 0 Å². The van der Waals surface area contributed by atoms with Crippen LogP contribution in [0.1, 0.15) is 25.1 Å². The van der Waals surface area contributed by atoms with Crippen molar-refractivity contribution in [2.24, 2.45) is 0 Å². The number of hydrogen-bond donors (Lipinski definition) is 1. The molecule has 2 aromatic rings. The summed E-state index contributed by atoms with van der Waals surface area (Å²) in [5.41, 5.74) is 0.667. The minimum atomic E-state index is -0.707. The van der Waals surface area contributed by atoms with Crippen molar-refractivity contribution < 1.29 is 10.0 Å². The maximum atomic E-state index is 10.9. The Kier molecular flexibility index (Phi) is 3.33. The Morgan fingerprint density at radius 2 is 2.22 bits per heavy atom. The van der Waals surface area contributed by atoms with Gasteiger partial charge in [0.1, 0.15) is 11.4 Å². The lowest BCUT2D eigenvalue weighted by molar-refractivity contribution is -0.384. The number of aliphatic hydroxyl groups excluding tert-OH is 1. The van der Waals surface area contributed by atoms with Crippen molar-refractivity contribution in [3.8, 4) is 5.69 Å². The number of nitro benzene ring substituents is 1. The smallest absolute Gasteiger partial charge is 0.294 e. The van der Waals surface area contributed by atoms with Crippen molar-refractivity contribution in [2.45, 2.75) is 19.4 Å². The summed E-state index contributed by atoms with van der Waals surface area (Å²) in [4.78, 5) is 10.4. The standard InChI is InChI=1S/C11H12N4O3/c1-2-11(16)8-7-14(13-12-8)9-5-3-4-6-10(9)15(17)18/h3-7,11,16H,2H2,1H3. The molecule has 0 saturated carbocycles. The molecule has 7 heteroatoms. The monoisotopic (exact) mass is 248 g/mol. The molecule has 1 N–H and O–H groups in total. The van der Waals surface area contributed by atoms with Crippen LogP contribution in [0.2, 0.25) is 0 Å². The van der Waals surface area contributed by atoms with Gasteiger partial charge in [0.15, 0.2) is 0 Å². The van der Waals surface area contributed by atoms with E-state index in [1.807, 2.05) is 6.92 Å². The summed E-state index contributed by atoms with van der Waals surface area (Å²) >= 11 is 0. The van der Waals surface area contributed by atoms with Crippen molar-refractivity contribution in [1.82, 2.24) is 15.0 Å². The van der Waals surface area contributed by atoms with Gasteiger partial charge in [0.05, 0.1) is 17.2 Å². The Bertz CT molecular complexity index is 567. The molecule has 0 aliphatic rings. The molecule has 1 heterocycles. The molecular formula is C11H12N4O3. The SMILES string of the molecule is CCC(O)c1cn(-c2ccccc2[N+](=O)[O-])nn1. The molecule has 0 spiro atoms. The quantitative estimate of drug-likeness (QED) is 0.655. The van der Waals surface area contributed by atoms with Gasteiger partial charge in [-0.25, -0.2) is 4.68 Å². The molecule has 18 heavy (non-hydrogen) atoms. The third-order valence-corrected chi connectivity index (χ3v) is 2.56. The highest BCUT2D eigenvalue weighted by Crippen LogP contribution is 2.22. The third-order valence-electron chi connectivity index (χ3n) is 2.56. The zero-order valence-electron chi connectivity index (χ0n) is 9.72. The fourth-order valence-corrected chi connectivity index (χ4v) is 1.57. The summed E-state index contributed by atoms with van der Waals surface area (Å²) in [7, 11) is 0. The zero-order valence-corrected chi connectivity index (χ0v) is 9.72. The van der Waals surface area contributed by atoms with E-state index in [1.54, 1.807) is 18.2 Å². The summed E-state index contributed by atoms with van der Waals surface area (Å²) < 4.78 is 1.30. The second-order valence-corrected chi connectivity index (χ2v) is 3.76. The molecule has 1 aromatic heterocycles. The van der Waals surface area contributed by atoms with Gasteiger partial charge < -0.3 is 5.11 Å². The van der Waals surface area contributed by atoms with E-state index in [0.29, 0.717) is 17.8 Å². The molecule has 0 fully saturated rings. The second kappa shape index (κ2) is 4.92. The fraction of sp³-hybridized carbons (Fsp3) is 0.273. The van der Waals surface area contributed by atoms with E-state index in [2.05, 4.69) is 10.3 Å². The first-order valence-electron chi connectivity index (χ1n) is 5.47. The summed E-state index contributed by atoms with van der Waals surface area (Å²) in [5, 5.41) is 28.1. The molecule has 2 rings (SSSR count). The van der Waals surface area contributed by atoms with Crippen LogP contribution >= 0.6 is 0 Å². The van der Waals surface area contributed by atoms with E-state index in [4.69, 9.17) is 0 Å². The predicted molar refractivity (Wildman–Crippen MR) is 63.3 cm³/mol. The Labute approximate surface area is 103 Å². The van der Waals surface area contributed by atoms with Crippen LogP contribution in [0.3, 0.4) is 0 Å². The molecule has 0 aliphatic heterocycles. The van der Waals surface area contributed by atoms with Gasteiger partial charge in [0, 0.05) is 6.07 Å². The van der Waals surface area contributed by atoms with Crippen LogP contribution in [-0.4, -0.2) is 25.0 Å². The first kappa shape index (κ1) is 12.2. The third kappa shape index (κ3) is 2.21. The average Bonchev–Trinajstić information content (AvgIpc) is 2.87. The maximum absolute atomic E-state index is 10.9. The van der Waals surface area contributed by atoms with Crippen LogP contribution < -0.4 is 0 Å². The summed E-state index contributed by atoms with van der Waals surface area (Å²) in [5.74, 6) is 0. The average molecular weight is 248 g/mol. The topological polar surface area (TPSA) is 94.1 Å². The van der Waals surface area contributed by atoms with Gasteiger partial charge in [0.2, 0.25) is 0 Å². The van der Waals surface area contributed by atoms with Gasteiger partial charge in [-0.1, -0.05) is 24.3 Å². The van der Waals surface area contributed by atoms with E-state index in [-0.39, 0.29) is 5.69 Å². The van der Waals surface area contributed by atoms with Gasteiger partial charge in [-0.3, -0.25) is 10.1 Å². The Morgan fingerprint density at radius 1 is 1.50 bits per heavy atom. The number of nitro groups is 1. The molecule has 0 amide bonds. The van der Waals surface area contributed by atoms with Crippen molar-refractivity contribution >= 4 is 5.69 Å². The molecule has 1 aromatic carbocycles. The first-order chi connectivity index (χ1) is 8.63. The molecule has 1 unspecified atom stereocenters. The van der Waals surface area contributed by atoms with Crippen LogP contribution in [0.15, 0.2) is 30.5 Å². The molecule has 0 aliphatic carbocycles. The molecule has 0 saturated heterocycles. The van der Waals surface area contributed by atoms with E-state index < -0.39 is 11.0 Å². The molecule has 94 valence electrons. The lowest BCUT2D eigenvalue weighted by atomic mass is 10.2. The van der Waals surface area contributed by atoms with Gasteiger partial charge in [-0.15, -0.1) is 5.10 Å². The highest BCUT2D eigenvalue weighted by atomic mass is 16.6. The normalized spacial score (nSPS) is 12.3. The number of benzene rings is 1. The highest BCUT2D eigenvalue weighted by Gasteiger charge is 2.17. The Morgan fingerprint density at radius 3 is 2.89 bits per heavy atom. The van der Waals surface area contributed by atoms with E-state index in [9.17, 15) is 15.2 Å². The molecule has 0 radical (unpaired) electrons. The van der Waals surface area contributed by atoms with Gasteiger partial charge in [0.25, 0.3) is 5.69 Å². The minimum absolute atomic E-state index is 0.0556. The van der Waals surface area contributed by atoms with Crippen LogP contribution in [0, 0.1) is 10.1 Å². The van der Waals surface area contributed by atoms with E-state index >= 15 is 0 Å². The molecule has 1 atom stereocenters. The zero-order chi connectivity index (χ0) is 13.1. The summed E-state index contributed by atoms with van der Waals surface area (Å²) in [6.45, 7) is 1.81. The van der Waals surface area contributed by atoms with E-state index in [0.717, 1.165) is 0 Å². The van der Waals surface area contributed by atoms with Gasteiger partial charge in [-0.05, 0) is 12.5 Å². The number of para-hydroxylation sites is 2. The Hall–Kier alpha value is -2.28. The van der Waals surface area contributed by atoms with Crippen LogP contribution in [0.5, 0.6) is 0 Å². The number of hydrogen-bond acceptors (Lipinski definition) is 5. The molecular weight excluding hydrogens is 236 g/mol. The van der Waals surface area contributed by atoms with Crippen molar-refractivity contribution in [2.75, 3.05) is 0 Å². The minimum Gasteiger partial charge on any atom is -0.387 e.